The number of nitrogens with zero attached hydrogens (tertiary/aromatic N) is 2. The van der Waals surface area contributed by atoms with Crippen LogP contribution >= 0.6 is 23.4 Å². The van der Waals surface area contributed by atoms with E-state index >= 15 is 0 Å². The van der Waals surface area contributed by atoms with Gasteiger partial charge in [0.2, 0.25) is 5.89 Å². The fourth-order valence-corrected chi connectivity index (χ4v) is 3.44. The smallest absolute Gasteiger partial charge is 0.336 e. The third kappa shape index (κ3) is 4.72. The van der Waals surface area contributed by atoms with E-state index < -0.39 is 11.6 Å². The van der Waals surface area contributed by atoms with Crippen molar-refractivity contribution in [3.05, 3.63) is 75.1 Å². The first-order valence-corrected chi connectivity index (χ1v) is 10.3. The van der Waals surface area contributed by atoms with Gasteiger partial charge in [0, 0.05) is 27.6 Å². The number of carbonyl (C=O) groups excluding carboxylic acids is 1. The number of thioether (sulfide) groups is 1. The van der Waals surface area contributed by atoms with Crippen molar-refractivity contribution in [3.8, 4) is 11.5 Å². The molecule has 30 heavy (non-hydrogen) atoms. The zero-order chi connectivity index (χ0) is 21.1. The Morgan fingerprint density at radius 1 is 1.10 bits per heavy atom. The molecule has 0 amide bonds. The van der Waals surface area contributed by atoms with Crippen LogP contribution in [0.15, 0.2) is 67.4 Å². The molecule has 4 rings (SSSR count). The average molecular weight is 443 g/mol. The second-order valence-corrected chi connectivity index (χ2v) is 7.78. The first kappa shape index (κ1) is 20.2. The number of benzene rings is 2. The molecule has 2 aromatic heterocycles. The standard InChI is InChI=1S/C21H15ClN2O5S/c1-12-2-7-16-14(9-18(25)28-17(16)8-12)10-27-19(26)11-30-21-24-23-20(29-21)13-3-5-15(22)6-4-13/h2-9H,10-11H2,1H3. The molecule has 7 nitrogen and oxygen atoms in total. The molecule has 0 saturated heterocycles. The fraction of sp³-hybridized carbons (Fsp3) is 0.143. The summed E-state index contributed by atoms with van der Waals surface area (Å²) in [7, 11) is 0. The van der Waals surface area contributed by atoms with Crippen molar-refractivity contribution in [1.29, 1.82) is 0 Å². The Morgan fingerprint density at radius 3 is 2.70 bits per heavy atom. The summed E-state index contributed by atoms with van der Waals surface area (Å²) < 4.78 is 16.1. The van der Waals surface area contributed by atoms with Crippen LogP contribution < -0.4 is 5.63 Å². The van der Waals surface area contributed by atoms with Crippen LogP contribution in [0.2, 0.25) is 5.02 Å². The van der Waals surface area contributed by atoms with Crippen molar-refractivity contribution in [3.63, 3.8) is 0 Å². The number of aryl methyl sites for hydroxylation is 1. The molecule has 2 aromatic carbocycles. The van der Waals surface area contributed by atoms with Crippen LogP contribution in [0.25, 0.3) is 22.4 Å². The lowest BCUT2D eigenvalue weighted by atomic mass is 10.1. The van der Waals surface area contributed by atoms with Crippen molar-refractivity contribution in [2.75, 3.05) is 5.75 Å². The first-order valence-electron chi connectivity index (χ1n) is 8.89. The molecule has 0 aliphatic heterocycles. The van der Waals surface area contributed by atoms with Gasteiger partial charge in [0.1, 0.15) is 17.9 Å². The van der Waals surface area contributed by atoms with E-state index in [9.17, 15) is 9.59 Å². The Morgan fingerprint density at radius 2 is 1.90 bits per heavy atom. The summed E-state index contributed by atoms with van der Waals surface area (Å²) in [6, 6.07) is 13.8. The largest absolute Gasteiger partial charge is 0.460 e. The van der Waals surface area contributed by atoms with Crippen LogP contribution in [-0.4, -0.2) is 21.9 Å². The maximum Gasteiger partial charge on any atom is 0.336 e. The van der Waals surface area contributed by atoms with Gasteiger partial charge in [-0.15, -0.1) is 10.2 Å². The Kier molecular flexibility index (Phi) is 5.87. The molecule has 0 radical (unpaired) electrons. The molecule has 0 aliphatic carbocycles. The number of hydrogen-bond donors (Lipinski definition) is 0. The minimum absolute atomic E-state index is 0.0132. The van der Waals surface area contributed by atoms with Crippen LogP contribution in [0.1, 0.15) is 11.1 Å². The summed E-state index contributed by atoms with van der Waals surface area (Å²) in [6.45, 7) is 1.86. The highest BCUT2D eigenvalue weighted by molar-refractivity contribution is 7.99. The second kappa shape index (κ2) is 8.73. The SMILES string of the molecule is Cc1ccc2c(COC(=O)CSc3nnc(-c4ccc(Cl)cc4)o3)cc(=O)oc2c1. The van der Waals surface area contributed by atoms with Crippen molar-refractivity contribution in [1.82, 2.24) is 10.2 Å². The number of carbonyl (C=O) groups is 1. The normalized spacial score (nSPS) is 11.0. The average Bonchev–Trinajstić information content (AvgIpc) is 3.19. The van der Waals surface area contributed by atoms with E-state index in [1.165, 1.54) is 6.07 Å². The molecule has 0 saturated carbocycles. The monoisotopic (exact) mass is 442 g/mol. The van der Waals surface area contributed by atoms with E-state index in [0.717, 1.165) is 28.3 Å². The molecule has 4 aromatic rings. The molecule has 0 aliphatic rings. The van der Waals surface area contributed by atoms with Crippen molar-refractivity contribution >= 4 is 40.3 Å². The molecule has 9 heteroatoms. The molecule has 2 heterocycles. The van der Waals surface area contributed by atoms with E-state index in [4.69, 9.17) is 25.2 Å². The van der Waals surface area contributed by atoms with Crippen molar-refractivity contribution in [2.24, 2.45) is 0 Å². The third-order valence-electron chi connectivity index (χ3n) is 4.19. The number of fused-ring (bicyclic) bond motifs is 1. The lowest BCUT2D eigenvalue weighted by Gasteiger charge is -2.07. The second-order valence-electron chi connectivity index (χ2n) is 6.42. The van der Waals surface area contributed by atoms with E-state index in [-0.39, 0.29) is 17.6 Å². The van der Waals surface area contributed by atoms with Gasteiger partial charge in [-0.25, -0.2) is 4.79 Å². The van der Waals surface area contributed by atoms with Gasteiger partial charge in [0.25, 0.3) is 5.22 Å². The molecule has 152 valence electrons. The van der Waals surface area contributed by atoms with Crippen LogP contribution in [0, 0.1) is 6.92 Å². The molecule has 0 fully saturated rings. The highest BCUT2D eigenvalue weighted by Crippen LogP contribution is 2.25. The molecule has 0 spiro atoms. The number of esters is 1. The maximum absolute atomic E-state index is 12.1. The summed E-state index contributed by atoms with van der Waals surface area (Å²) >= 11 is 6.94. The summed E-state index contributed by atoms with van der Waals surface area (Å²) in [4.78, 5) is 23.9. The summed E-state index contributed by atoms with van der Waals surface area (Å²) in [6.07, 6.45) is 0. The molecular formula is C21H15ClN2O5S. The van der Waals surface area contributed by atoms with Crippen LogP contribution in [0.4, 0.5) is 0 Å². The fourth-order valence-electron chi connectivity index (χ4n) is 2.75. The maximum atomic E-state index is 12.1. The Bertz CT molecular complexity index is 1270. The zero-order valence-electron chi connectivity index (χ0n) is 15.8. The summed E-state index contributed by atoms with van der Waals surface area (Å²) in [5, 5.41) is 9.46. The predicted octanol–water partition coefficient (Wildman–Crippen LogP) is 4.64. The van der Waals surface area contributed by atoms with E-state index in [1.807, 2.05) is 19.1 Å². The van der Waals surface area contributed by atoms with Crippen molar-refractivity contribution in [2.45, 2.75) is 18.8 Å². The molecular weight excluding hydrogens is 428 g/mol. The highest BCUT2D eigenvalue weighted by atomic mass is 35.5. The van der Waals surface area contributed by atoms with Gasteiger partial charge in [-0.1, -0.05) is 35.5 Å². The number of halogens is 1. The van der Waals surface area contributed by atoms with Gasteiger partial charge in [0.05, 0.1) is 0 Å². The molecule has 0 bridgehead atoms. The van der Waals surface area contributed by atoms with Gasteiger partial charge in [-0.05, 0) is 42.8 Å². The van der Waals surface area contributed by atoms with Gasteiger partial charge < -0.3 is 13.6 Å². The lowest BCUT2D eigenvalue weighted by Crippen LogP contribution is -2.09. The predicted molar refractivity (Wildman–Crippen MR) is 112 cm³/mol. The van der Waals surface area contributed by atoms with Crippen LogP contribution in [0.3, 0.4) is 0 Å². The number of ether oxygens (including phenoxy) is 1. The molecule has 0 unspecified atom stereocenters. The summed E-state index contributed by atoms with van der Waals surface area (Å²) in [5.74, 6) is -0.152. The highest BCUT2D eigenvalue weighted by Gasteiger charge is 2.13. The Hall–Kier alpha value is -3.10. The first-order chi connectivity index (χ1) is 14.5. The Labute approximate surface area is 180 Å². The lowest BCUT2D eigenvalue weighted by molar-refractivity contribution is -0.141. The van der Waals surface area contributed by atoms with Gasteiger partial charge in [0.15, 0.2) is 0 Å². The van der Waals surface area contributed by atoms with E-state index in [0.29, 0.717) is 22.1 Å². The number of rotatable bonds is 6. The van der Waals surface area contributed by atoms with E-state index in [1.54, 1.807) is 30.3 Å². The number of hydrogen-bond acceptors (Lipinski definition) is 8. The van der Waals surface area contributed by atoms with Gasteiger partial charge >= 0.3 is 11.6 Å². The zero-order valence-corrected chi connectivity index (χ0v) is 17.3. The van der Waals surface area contributed by atoms with Crippen molar-refractivity contribution < 1.29 is 18.4 Å². The summed E-state index contributed by atoms with van der Waals surface area (Å²) in [5.41, 5.74) is 2.25. The molecule has 0 atom stereocenters. The minimum atomic E-state index is -0.492. The molecule has 0 N–H and O–H groups in total. The third-order valence-corrected chi connectivity index (χ3v) is 5.23. The topological polar surface area (TPSA) is 95.4 Å². The quantitative estimate of drug-likeness (QED) is 0.242. The van der Waals surface area contributed by atoms with Crippen LogP contribution in [-0.2, 0) is 16.1 Å². The minimum Gasteiger partial charge on any atom is -0.460 e. The van der Waals surface area contributed by atoms with Gasteiger partial charge in [-0.2, -0.15) is 0 Å². The van der Waals surface area contributed by atoms with Crippen LogP contribution in [0.5, 0.6) is 0 Å². The number of aromatic nitrogens is 2. The van der Waals surface area contributed by atoms with Gasteiger partial charge in [-0.3, -0.25) is 4.79 Å². The Balaban J connectivity index is 1.36. The van der Waals surface area contributed by atoms with E-state index in [2.05, 4.69) is 10.2 Å².